The molecule has 0 atom stereocenters. The Hall–Kier alpha value is -1.60. The molecule has 4 nitrogen and oxygen atoms in total. The molecule has 0 bridgehead atoms. The minimum Gasteiger partial charge on any atom is -0.372 e. The highest BCUT2D eigenvalue weighted by molar-refractivity contribution is 14.0. The molecule has 2 aromatic carbocycles. The van der Waals surface area contributed by atoms with E-state index in [0.717, 1.165) is 17.7 Å². The number of ether oxygens (including phenoxy) is 1. The number of rotatable bonds is 8. The normalized spacial score (nSPS) is 11.2. The lowest BCUT2D eigenvalue weighted by Crippen LogP contribution is -2.34. The second-order valence-corrected chi connectivity index (χ2v) is 6.27. The zero-order valence-corrected chi connectivity index (χ0v) is 17.3. The number of nitrogens with zero attached hydrogens (tertiary/aromatic N) is 1. The summed E-state index contributed by atoms with van der Waals surface area (Å²) in [6.45, 7) is 6.94. The van der Waals surface area contributed by atoms with Crippen LogP contribution in [0.5, 0.6) is 0 Å². The third-order valence-corrected chi connectivity index (χ3v) is 3.53. The van der Waals surface area contributed by atoms with Gasteiger partial charge in [-0.1, -0.05) is 68.4 Å². The molecule has 0 unspecified atom stereocenters. The van der Waals surface area contributed by atoms with Crippen LogP contribution in [0.3, 0.4) is 0 Å². The van der Waals surface area contributed by atoms with Gasteiger partial charge in [0.1, 0.15) is 0 Å². The maximum atomic E-state index is 5.84. The summed E-state index contributed by atoms with van der Waals surface area (Å²) in [7, 11) is 0. The number of aliphatic imine (C=N–C) groups is 1. The molecule has 3 N–H and O–H groups in total. The molecule has 0 saturated carbocycles. The average molecular weight is 453 g/mol. The quantitative estimate of drug-likeness (QED) is 0.360. The van der Waals surface area contributed by atoms with Gasteiger partial charge in [0, 0.05) is 6.54 Å². The molecule has 0 aliphatic carbocycles. The van der Waals surface area contributed by atoms with E-state index in [-0.39, 0.29) is 24.0 Å². The molecule has 0 aromatic heterocycles. The highest BCUT2D eigenvalue weighted by atomic mass is 127. The van der Waals surface area contributed by atoms with Crippen molar-refractivity contribution < 1.29 is 4.74 Å². The minimum atomic E-state index is 0. The van der Waals surface area contributed by atoms with E-state index in [0.29, 0.717) is 31.6 Å². The number of nitrogens with one attached hydrogen (secondary N) is 1. The zero-order valence-electron chi connectivity index (χ0n) is 14.9. The van der Waals surface area contributed by atoms with Gasteiger partial charge in [-0.2, -0.15) is 0 Å². The van der Waals surface area contributed by atoms with Gasteiger partial charge in [-0.25, -0.2) is 4.99 Å². The van der Waals surface area contributed by atoms with Crippen molar-refractivity contribution in [1.82, 2.24) is 5.32 Å². The van der Waals surface area contributed by atoms with Gasteiger partial charge in [0.25, 0.3) is 0 Å². The Bertz CT molecular complexity index is 627. The maximum Gasteiger partial charge on any atom is 0.188 e. The van der Waals surface area contributed by atoms with E-state index in [4.69, 9.17) is 10.5 Å². The van der Waals surface area contributed by atoms with Crippen molar-refractivity contribution in [2.24, 2.45) is 16.6 Å². The molecule has 0 aliphatic rings. The minimum absolute atomic E-state index is 0. The molecule has 0 amide bonds. The molecule has 136 valence electrons. The van der Waals surface area contributed by atoms with Crippen LogP contribution in [0, 0.1) is 5.92 Å². The van der Waals surface area contributed by atoms with Crippen LogP contribution in [-0.2, 0) is 24.5 Å². The monoisotopic (exact) mass is 453 g/mol. The van der Waals surface area contributed by atoms with E-state index in [1.54, 1.807) is 0 Å². The Morgan fingerprint density at radius 2 is 1.52 bits per heavy atom. The summed E-state index contributed by atoms with van der Waals surface area (Å²) < 4.78 is 5.74. The van der Waals surface area contributed by atoms with Crippen LogP contribution in [0.1, 0.15) is 30.5 Å². The van der Waals surface area contributed by atoms with Gasteiger partial charge in [0.15, 0.2) is 5.96 Å². The predicted molar refractivity (Wildman–Crippen MR) is 115 cm³/mol. The Morgan fingerprint density at radius 3 is 2.12 bits per heavy atom. The van der Waals surface area contributed by atoms with Crippen LogP contribution in [0.2, 0.25) is 0 Å². The van der Waals surface area contributed by atoms with E-state index in [1.165, 1.54) is 5.56 Å². The van der Waals surface area contributed by atoms with Crippen LogP contribution >= 0.6 is 24.0 Å². The largest absolute Gasteiger partial charge is 0.372 e. The Morgan fingerprint density at radius 1 is 0.960 bits per heavy atom. The van der Waals surface area contributed by atoms with Gasteiger partial charge in [-0.05, 0) is 22.6 Å². The number of halogens is 1. The topological polar surface area (TPSA) is 59.6 Å². The lowest BCUT2D eigenvalue weighted by molar-refractivity contribution is 0.107. The summed E-state index contributed by atoms with van der Waals surface area (Å²) in [6, 6.07) is 18.5. The lowest BCUT2D eigenvalue weighted by atomic mass is 10.1. The summed E-state index contributed by atoms with van der Waals surface area (Å²) >= 11 is 0. The Balaban J connectivity index is 0.00000312. The van der Waals surface area contributed by atoms with Crippen molar-refractivity contribution in [3.63, 3.8) is 0 Å². The summed E-state index contributed by atoms with van der Waals surface area (Å²) in [4.78, 5) is 4.35. The van der Waals surface area contributed by atoms with Crippen LogP contribution < -0.4 is 11.1 Å². The van der Waals surface area contributed by atoms with E-state index >= 15 is 0 Å². The molecule has 2 aromatic rings. The molecule has 5 heteroatoms. The van der Waals surface area contributed by atoms with Crippen molar-refractivity contribution in [2.45, 2.75) is 33.6 Å². The Kier molecular flexibility index (Phi) is 10.2. The predicted octanol–water partition coefficient (Wildman–Crippen LogP) is 4.08. The first-order valence-electron chi connectivity index (χ1n) is 8.37. The fourth-order valence-electron chi connectivity index (χ4n) is 2.14. The van der Waals surface area contributed by atoms with Crippen LogP contribution in [-0.4, -0.2) is 12.5 Å². The molecule has 2 rings (SSSR count). The van der Waals surface area contributed by atoms with Crippen molar-refractivity contribution in [3.8, 4) is 0 Å². The summed E-state index contributed by atoms with van der Waals surface area (Å²) in [6.07, 6.45) is 0. The highest BCUT2D eigenvalue weighted by Gasteiger charge is 1.98. The van der Waals surface area contributed by atoms with Crippen LogP contribution in [0.25, 0.3) is 0 Å². The molecule has 0 saturated heterocycles. The van der Waals surface area contributed by atoms with Gasteiger partial charge < -0.3 is 15.8 Å². The standard InChI is InChI=1S/C20H27N3O.HI/c1-16(2)12-22-20(21)23-13-17-8-10-19(11-9-17)15-24-14-18-6-4-3-5-7-18;/h3-11,16H,12-15H2,1-2H3,(H3,21,22,23);1H. The van der Waals surface area contributed by atoms with Gasteiger partial charge in [-0.15, -0.1) is 24.0 Å². The van der Waals surface area contributed by atoms with Crippen molar-refractivity contribution in [3.05, 3.63) is 71.3 Å². The Labute approximate surface area is 167 Å². The van der Waals surface area contributed by atoms with Gasteiger partial charge in [-0.3, -0.25) is 0 Å². The molecule has 25 heavy (non-hydrogen) atoms. The lowest BCUT2D eigenvalue weighted by Gasteiger charge is -2.08. The highest BCUT2D eigenvalue weighted by Crippen LogP contribution is 2.09. The molecular formula is C20H28IN3O. The van der Waals surface area contributed by atoms with Gasteiger partial charge in [0.2, 0.25) is 0 Å². The second-order valence-electron chi connectivity index (χ2n) is 6.27. The van der Waals surface area contributed by atoms with E-state index in [1.807, 2.05) is 18.2 Å². The fourth-order valence-corrected chi connectivity index (χ4v) is 2.14. The fraction of sp³-hybridized carbons (Fsp3) is 0.350. The third-order valence-electron chi connectivity index (χ3n) is 3.53. The molecule has 0 heterocycles. The zero-order chi connectivity index (χ0) is 17.2. The summed E-state index contributed by atoms with van der Waals surface area (Å²) in [5.41, 5.74) is 9.32. The number of nitrogens with two attached hydrogens (primary N) is 1. The van der Waals surface area contributed by atoms with E-state index in [9.17, 15) is 0 Å². The summed E-state index contributed by atoms with van der Waals surface area (Å²) in [5, 5.41) is 3.11. The van der Waals surface area contributed by atoms with Gasteiger partial charge in [0.05, 0.1) is 19.8 Å². The van der Waals surface area contributed by atoms with Crippen molar-refractivity contribution in [1.29, 1.82) is 0 Å². The second kappa shape index (κ2) is 11.9. The van der Waals surface area contributed by atoms with E-state index < -0.39 is 0 Å². The SMILES string of the molecule is CC(C)CNC(N)=NCc1ccc(COCc2ccccc2)cc1.I. The van der Waals surface area contributed by atoms with Gasteiger partial charge >= 0.3 is 0 Å². The smallest absolute Gasteiger partial charge is 0.188 e. The third kappa shape index (κ3) is 8.88. The molecule has 0 aliphatic heterocycles. The average Bonchev–Trinajstić information content (AvgIpc) is 2.60. The summed E-state index contributed by atoms with van der Waals surface area (Å²) in [5.74, 6) is 1.05. The maximum absolute atomic E-state index is 5.84. The number of guanidine groups is 1. The van der Waals surface area contributed by atoms with Crippen molar-refractivity contribution >= 4 is 29.9 Å². The van der Waals surface area contributed by atoms with Crippen LogP contribution in [0.15, 0.2) is 59.6 Å². The first kappa shape index (κ1) is 21.4. The first-order valence-corrected chi connectivity index (χ1v) is 8.37. The van der Waals surface area contributed by atoms with E-state index in [2.05, 4.69) is 60.6 Å². The number of benzene rings is 2. The molecular weight excluding hydrogens is 425 g/mol. The first-order chi connectivity index (χ1) is 11.6. The molecule has 0 fully saturated rings. The molecule has 0 radical (unpaired) electrons. The number of hydrogen-bond donors (Lipinski definition) is 2. The van der Waals surface area contributed by atoms with Crippen LogP contribution in [0.4, 0.5) is 0 Å². The number of hydrogen-bond acceptors (Lipinski definition) is 2. The molecule has 0 spiro atoms. The van der Waals surface area contributed by atoms with Crippen molar-refractivity contribution in [2.75, 3.05) is 6.54 Å².